The van der Waals surface area contributed by atoms with Gasteiger partial charge in [0, 0.05) is 17.1 Å². The first-order valence-electron chi connectivity index (χ1n) is 3.73. The van der Waals surface area contributed by atoms with E-state index < -0.39 is 6.10 Å². The Balaban J connectivity index is 2.46. The molecular formula is C8H8BrNO2. The van der Waals surface area contributed by atoms with Gasteiger partial charge in [-0.15, -0.1) is 0 Å². The number of aromatic nitrogens is 1. The largest absolute Gasteiger partial charge is 0.491 e. The van der Waals surface area contributed by atoms with Crippen molar-refractivity contribution >= 4 is 15.9 Å². The second kappa shape index (κ2) is 3.03. The van der Waals surface area contributed by atoms with E-state index in [0.717, 1.165) is 4.47 Å². The Morgan fingerprint density at radius 3 is 3.33 bits per heavy atom. The normalized spacial score (nSPS) is 21.3. The molecule has 0 amide bonds. The molecular weight excluding hydrogens is 222 g/mol. The van der Waals surface area contributed by atoms with E-state index in [4.69, 9.17) is 4.74 Å². The van der Waals surface area contributed by atoms with E-state index in [1.807, 2.05) is 6.07 Å². The van der Waals surface area contributed by atoms with Gasteiger partial charge in [0.1, 0.15) is 17.5 Å². The number of fused-ring (bicyclic) bond motifs is 1. The molecule has 0 saturated carbocycles. The van der Waals surface area contributed by atoms with Crippen molar-refractivity contribution in [3.63, 3.8) is 0 Å². The van der Waals surface area contributed by atoms with Crippen LogP contribution in [0.4, 0.5) is 0 Å². The molecule has 0 saturated heterocycles. The molecule has 1 aliphatic rings. The molecule has 0 spiro atoms. The molecule has 1 aromatic rings. The van der Waals surface area contributed by atoms with Gasteiger partial charge in [-0.1, -0.05) is 0 Å². The van der Waals surface area contributed by atoms with Crippen LogP contribution in [0.5, 0.6) is 5.75 Å². The molecule has 2 rings (SSSR count). The van der Waals surface area contributed by atoms with Crippen LogP contribution in [0.2, 0.25) is 0 Å². The number of rotatable bonds is 0. The van der Waals surface area contributed by atoms with Crippen molar-refractivity contribution in [2.45, 2.75) is 12.5 Å². The van der Waals surface area contributed by atoms with E-state index in [-0.39, 0.29) is 0 Å². The summed E-state index contributed by atoms with van der Waals surface area (Å²) in [6.07, 6.45) is 1.82. The number of hydrogen-bond acceptors (Lipinski definition) is 3. The zero-order chi connectivity index (χ0) is 8.55. The van der Waals surface area contributed by atoms with Gasteiger partial charge in [0.2, 0.25) is 0 Å². The van der Waals surface area contributed by atoms with Crippen molar-refractivity contribution < 1.29 is 9.84 Å². The summed E-state index contributed by atoms with van der Waals surface area (Å²) < 4.78 is 6.19. The maximum Gasteiger partial charge on any atom is 0.144 e. The van der Waals surface area contributed by atoms with Crippen LogP contribution in [-0.2, 0) is 0 Å². The predicted octanol–water partition coefficient (Wildman–Crippen LogP) is 1.66. The maximum absolute atomic E-state index is 9.49. The number of ether oxygens (including phenoxy) is 1. The molecule has 2 heterocycles. The molecule has 1 atom stereocenters. The quantitative estimate of drug-likeness (QED) is 0.736. The maximum atomic E-state index is 9.49. The Labute approximate surface area is 78.5 Å². The van der Waals surface area contributed by atoms with Gasteiger partial charge < -0.3 is 9.84 Å². The van der Waals surface area contributed by atoms with E-state index in [1.165, 1.54) is 0 Å². The monoisotopic (exact) mass is 229 g/mol. The Morgan fingerprint density at radius 2 is 2.50 bits per heavy atom. The highest BCUT2D eigenvalue weighted by Crippen LogP contribution is 2.31. The smallest absolute Gasteiger partial charge is 0.144 e. The summed E-state index contributed by atoms with van der Waals surface area (Å²) in [5, 5.41) is 9.49. The first-order valence-corrected chi connectivity index (χ1v) is 4.53. The second-order valence-corrected chi connectivity index (χ2v) is 3.61. The lowest BCUT2D eigenvalue weighted by Gasteiger charge is -2.20. The van der Waals surface area contributed by atoms with Crippen molar-refractivity contribution in [3.8, 4) is 5.75 Å². The first-order chi connectivity index (χ1) is 5.77. The lowest BCUT2D eigenvalue weighted by Crippen LogP contribution is -2.15. The molecule has 0 aromatic carbocycles. The van der Waals surface area contributed by atoms with E-state index in [9.17, 15) is 5.11 Å². The summed E-state index contributed by atoms with van der Waals surface area (Å²) in [7, 11) is 0. The van der Waals surface area contributed by atoms with Crippen LogP contribution in [0, 0.1) is 0 Å². The summed E-state index contributed by atoms with van der Waals surface area (Å²) in [4.78, 5) is 4.08. The summed E-state index contributed by atoms with van der Waals surface area (Å²) in [6, 6.07) is 1.82. The fourth-order valence-electron chi connectivity index (χ4n) is 1.21. The van der Waals surface area contributed by atoms with Gasteiger partial charge in [-0.3, -0.25) is 4.98 Å². The number of nitrogens with zero attached hydrogens (tertiary/aromatic N) is 1. The number of aliphatic hydroxyl groups excluding tert-OH is 1. The van der Waals surface area contributed by atoms with Crippen molar-refractivity contribution in [1.82, 2.24) is 4.98 Å². The van der Waals surface area contributed by atoms with E-state index in [2.05, 4.69) is 20.9 Å². The zero-order valence-corrected chi connectivity index (χ0v) is 7.91. The highest BCUT2D eigenvalue weighted by Gasteiger charge is 2.20. The number of pyridine rings is 1. The van der Waals surface area contributed by atoms with Gasteiger partial charge in [-0.05, 0) is 22.0 Å². The molecule has 0 radical (unpaired) electrons. The third kappa shape index (κ3) is 1.32. The number of hydrogen-bond donors (Lipinski definition) is 1. The Hall–Kier alpha value is -0.610. The lowest BCUT2D eigenvalue weighted by molar-refractivity contribution is 0.110. The highest BCUT2D eigenvalue weighted by molar-refractivity contribution is 9.10. The third-order valence-corrected chi connectivity index (χ3v) is 2.25. The Kier molecular flexibility index (Phi) is 2.02. The Morgan fingerprint density at radius 1 is 1.67 bits per heavy atom. The van der Waals surface area contributed by atoms with Gasteiger partial charge in [0.25, 0.3) is 0 Å². The van der Waals surface area contributed by atoms with Gasteiger partial charge in [-0.25, -0.2) is 0 Å². The minimum absolute atomic E-state index is 0.471. The van der Waals surface area contributed by atoms with Gasteiger partial charge in [0.05, 0.1) is 6.61 Å². The van der Waals surface area contributed by atoms with Crippen LogP contribution in [-0.4, -0.2) is 16.7 Å². The molecule has 1 N–H and O–H groups in total. The second-order valence-electron chi connectivity index (χ2n) is 2.69. The van der Waals surface area contributed by atoms with Crippen molar-refractivity contribution in [3.05, 3.63) is 22.4 Å². The third-order valence-electron chi connectivity index (χ3n) is 1.81. The van der Waals surface area contributed by atoms with Crippen molar-refractivity contribution in [2.75, 3.05) is 6.61 Å². The van der Waals surface area contributed by atoms with Crippen LogP contribution < -0.4 is 4.74 Å². The van der Waals surface area contributed by atoms with Crippen LogP contribution in [0.15, 0.2) is 16.7 Å². The topological polar surface area (TPSA) is 42.4 Å². The zero-order valence-electron chi connectivity index (χ0n) is 6.33. The number of aliphatic hydroxyl groups is 1. The molecule has 0 fully saturated rings. The number of halogens is 1. The van der Waals surface area contributed by atoms with Gasteiger partial charge in [-0.2, -0.15) is 0 Å². The lowest BCUT2D eigenvalue weighted by atomic mass is 10.1. The Bertz CT molecular complexity index is 303. The molecule has 1 unspecified atom stereocenters. The fraction of sp³-hybridized carbons (Fsp3) is 0.375. The summed E-state index contributed by atoms with van der Waals surface area (Å²) >= 11 is 3.29. The SMILES string of the molecule is OC1CCOc2cc(Br)cnc21. The minimum Gasteiger partial charge on any atom is -0.491 e. The van der Waals surface area contributed by atoms with E-state index >= 15 is 0 Å². The van der Waals surface area contributed by atoms with Gasteiger partial charge in [0.15, 0.2) is 0 Å². The summed E-state index contributed by atoms with van der Waals surface area (Å²) in [6.45, 7) is 0.562. The molecule has 64 valence electrons. The van der Waals surface area contributed by atoms with Gasteiger partial charge >= 0.3 is 0 Å². The molecule has 1 aliphatic heterocycles. The molecule has 12 heavy (non-hydrogen) atoms. The highest BCUT2D eigenvalue weighted by atomic mass is 79.9. The summed E-state index contributed by atoms with van der Waals surface area (Å²) in [5.41, 5.74) is 0.643. The molecule has 1 aromatic heterocycles. The average molecular weight is 230 g/mol. The molecule has 0 bridgehead atoms. The average Bonchev–Trinajstić information content (AvgIpc) is 2.04. The molecule has 3 nitrogen and oxygen atoms in total. The summed E-state index contributed by atoms with van der Waals surface area (Å²) in [5.74, 6) is 0.683. The minimum atomic E-state index is -0.471. The standard InChI is InChI=1S/C8H8BrNO2/c9-5-3-7-8(10-4-5)6(11)1-2-12-7/h3-4,6,11H,1-2H2. The first kappa shape index (κ1) is 8.01. The molecule has 0 aliphatic carbocycles. The van der Waals surface area contributed by atoms with Crippen LogP contribution >= 0.6 is 15.9 Å². The van der Waals surface area contributed by atoms with E-state index in [0.29, 0.717) is 24.5 Å². The van der Waals surface area contributed by atoms with Crippen LogP contribution in [0.1, 0.15) is 18.2 Å². The van der Waals surface area contributed by atoms with E-state index in [1.54, 1.807) is 6.20 Å². The predicted molar refractivity (Wildman–Crippen MR) is 47.0 cm³/mol. The van der Waals surface area contributed by atoms with Crippen molar-refractivity contribution in [2.24, 2.45) is 0 Å². The van der Waals surface area contributed by atoms with Crippen LogP contribution in [0.25, 0.3) is 0 Å². The van der Waals surface area contributed by atoms with Crippen LogP contribution in [0.3, 0.4) is 0 Å². The molecule has 4 heteroatoms. The fourth-order valence-corrected chi connectivity index (χ4v) is 1.52. The van der Waals surface area contributed by atoms with Crippen molar-refractivity contribution in [1.29, 1.82) is 0 Å².